The van der Waals surface area contributed by atoms with Crippen molar-refractivity contribution in [2.75, 3.05) is 9.80 Å². The van der Waals surface area contributed by atoms with E-state index >= 15 is 0 Å². The Bertz CT molecular complexity index is 3750. The second kappa shape index (κ2) is 12.7. The van der Waals surface area contributed by atoms with Crippen molar-refractivity contribution in [3.8, 4) is 0 Å². The highest BCUT2D eigenvalue weighted by atomic mass is 32.2. The van der Waals surface area contributed by atoms with Crippen molar-refractivity contribution in [1.82, 2.24) is 0 Å². The second-order valence-corrected chi connectivity index (χ2v) is 21.0. The van der Waals surface area contributed by atoms with Gasteiger partial charge in [-0.1, -0.05) is 150 Å². The standard InChI is InChI=1S/C54H30B2N2S4/c1-3-15-31(16-4-1)57-39-23-11-9-21-35(39)55-37-27-38-45(61-48-30-47-50(34-20-8-13-25-43(34)60-47)54-52(48)56(38)36-22-10-14-26-44(36)62-54)28-40(37)58(32-17-5-2-6-18-32)53-49-33-19-7-12-24-42(33)59-46(49)29-41(57)51(53)55/h1-30H. The monoisotopic (exact) mass is 856 g/mol. The fourth-order valence-corrected chi connectivity index (χ4v) is 16.1. The fraction of sp³-hybridized carbons (Fsp3) is 0. The van der Waals surface area contributed by atoms with Crippen molar-refractivity contribution in [2.45, 2.75) is 19.6 Å². The van der Waals surface area contributed by atoms with Gasteiger partial charge in [0.05, 0.1) is 5.69 Å². The van der Waals surface area contributed by atoms with Crippen LogP contribution in [-0.4, -0.2) is 13.4 Å². The minimum atomic E-state index is 0.0156. The van der Waals surface area contributed by atoms with E-state index in [9.17, 15) is 0 Å². The molecule has 8 heteroatoms. The summed E-state index contributed by atoms with van der Waals surface area (Å²) >= 11 is 7.80. The molecule has 0 radical (unpaired) electrons. The van der Waals surface area contributed by atoms with Gasteiger partial charge in [0.25, 0.3) is 6.71 Å². The van der Waals surface area contributed by atoms with Crippen LogP contribution in [0.15, 0.2) is 202 Å². The smallest absolute Gasteiger partial charge is 0.252 e. The van der Waals surface area contributed by atoms with E-state index in [0.717, 1.165) is 0 Å². The molecule has 0 saturated heterocycles. The molecular weight excluding hydrogens is 826 g/mol. The molecule has 0 aliphatic carbocycles. The van der Waals surface area contributed by atoms with Crippen LogP contribution in [0.3, 0.4) is 0 Å². The highest BCUT2D eigenvalue weighted by molar-refractivity contribution is 8.01. The Kier molecular flexibility index (Phi) is 7.06. The molecule has 6 heterocycles. The van der Waals surface area contributed by atoms with E-state index in [4.69, 9.17) is 0 Å². The quantitative estimate of drug-likeness (QED) is 0.160. The van der Waals surface area contributed by atoms with Gasteiger partial charge in [-0.3, -0.25) is 0 Å². The van der Waals surface area contributed by atoms with E-state index in [-0.39, 0.29) is 13.4 Å². The maximum Gasteiger partial charge on any atom is 0.252 e. The molecule has 0 fully saturated rings. The van der Waals surface area contributed by atoms with Gasteiger partial charge >= 0.3 is 0 Å². The first kappa shape index (κ1) is 34.4. The van der Waals surface area contributed by atoms with Crippen molar-refractivity contribution >= 4 is 167 Å². The van der Waals surface area contributed by atoms with Crippen LogP contribution >= 0.6 is 46.2 Å². The Morgan fingerprint density at radius 3 is 1.74 bits per heavy atom. The van der Waals surface area contributed by atoms with E-state index in [2.05, 4.69) is 192 Å². The maximum atomic E-state index is 2.65. The lowest BCUT2D eigenvalue weighted by atomic mass is 9.31. The lowest BCUT2D eigenvalue weighted by Crippen LogP contribution is -2.64. The Morgan fingerprint density at radius 1 is 0.355 bits per heavy atom. The number of benzene rings is 9. The van der Waals surface area contributed by atoms with Gasteiger partial charge in [0, 0.05) is 88.4 Å². The summed E-state index contributed by atoms with van der Waals surface area (Å²) in [5.41, 5.74) is 15.8. The summed E-state index contributed by atoms with van der Waals surface area (Å²) in [6.45, 7) is 0.137. The van der Waals surface area contributed by atoms with E-state index in [1.54, 1.807) is 0 Å². The summed E-state index contributed by atoms with van der Waals surface area (Å²) in [6, 6.07) is 68.8. The van der Waals surface area contributed by atoms with Crippen molar-refractivity contribution in [3.05, 3.63) is 182 Å². The number of nitrogens with zero attached hydrogens (tertiary/aromatic N) is 2. The summed E-state index contributed by atoms with van der Waals surface area (Å²) < 4.78 is 5.35. The predicted molar refractivity (Wildman–Crippen MR) is 272 cm³/mol. The Labute approximate surface area is 375 Å². The molecule has 286 valence electrons. The predicted octanol–water partition coefficient (Wildman–Crippen LogP) is 12.0. The third-order valence-corrected chi connectivity index (χ3v) is 18.1. The summed E-state index contributed by atoms with van der Waals surface area (Å²) in [5, 5.41) is 5.44. The van der Waals surface area contributed by atoms with Crippen molar-refractivity contribution in [2.24, 2.45) is 0 Å². The summed E-state index contributed by atoms with van der Waals surface area (Å²) in [7, 11) is 0. The normalized spacial score (nSPS) is 14.2. The van der Waals surface area contributed by atoms with E-state index in [1.807, 2.05) is 46.2 Å². The molecular formula is C54H30B2N2S4. The molecule has 0 spiro atoms. The van der Waals surface area contributed by atoms with Crippen LogP contribution in [0.4, 0.5) is 34.1 Å². The zero-order valence-electron chi connectivity index (χ0n) is 33.0. The van der Waals surface area contributed by atoms with E-state index in [0.29, 0.717) is 0 Å². The number of rotatable bonds is 2. The third-order valence-electron chi connectivity index (χ3n) is 13.5. The average molecular weight is 857 g/mol. The number of anilines is 6. The second-order valence-electron chi connectivity index (χ2n) is 16.7. The first-order valence-corrected chi connectivity index (χ1v) is 24.4. The summed E-state index contributed by atoms with van der Waals surface area (Å²) in [6.07, 6.45) is 0. The Morgan fingerprint density at radius 2 is 0.968 bits per heavy atom. The van der Waals surface area contributed by atoms with Crippen LogP contribution in [0.2, 0.25) is 0 Å². The van der Waals surface area contributed by atoms with Crippen LogP contribution in [0.5, 0.6) is 0 Å². The zero-order valence-corrected chi connectivity index (χ0v) is 36.3. The lowest BCUT2D eigenvalue weighted by molar-refractivity contribution is 1.26. The molecule has 0 amide bonds. The number of para-hydroxylation sites is 3. The Balaban J connectivity index is 1.08. The van der Waals surface area contributed by atoms with Crippen LogP contribution in [0.25, 0.3) is 40.3 Å². The maximum absolute atomic E-state index is 2.65. The third kappa shape index (κ3) is 4.55. The van der Waals surface area contributed by atoms with Crippen LogP contribution in [-0.2, 0) is 0 Å². The highest BCUT2D eigenvalue weighted by Crippen LogP contribution is 2.52. The van der Waals surface area contributed by atoms with Gasteiger partial charge in [0.2, 0.25) is 6.71 Å². The van der Waals surface area contributed by atoms with Gasteiger partial charge in [0.15, 0.2) is 0 Å². The van der Waals surface area contributed by atoms with Gasteiger partial charge in [-0.15, -0.1) is 22.7 Å². The molecule has 9 aromatic carbocycles. The molecule has 0 saturated carbocycles. The zero-order chi connectivity index (χ0) is 40.2. The number of hydrogen-bond donors (Lipinski definition) is 0. The van der Waals surface area contributed by atoms with Gasteiger partial charge < -0.3 is 9.80 Å². The topological polar surface area (TPSA) is 6.48 Å². The molecule has 0 unspecified atom stereocenters. The van der Waals surface area contributed by atoms with Crippen molar-refractivity contribution in [3.63, 3.8) is 0 Å². The number of hydrogen-bond acceptors (Lipinski definition) is 6. The van der Waals surface area contributed by atoms with Gasteiger partial charge in [-0.05, 0) is 88.6 Å². The van der Waals surface area contributed by atoms with Crippen molar-refractivity contribution in [1.29, 1.82) is 0 Å². The largest absolute Gasteiger partial charge is 0.311 e. The lowest BCUT2D eigenvalue weighted by Gasteiger charge is -2.45. The molecule has 15 rings (SSSR count). The minimum absolute atomic E-state index is 0.0156. The molecule has 2 aromatic heterocycles. The van der Waals surface area contributed by atoms with Crippen molar-refractivity contribution < 1.29 is 0 Å². The first-order chi connectivity index (χ1) is 30.8. The van der Waals surface area contributed by atoms with Gasteiger partial charge in [0.1, 0.15) is 0 Å². The van der Waals surface area contributed by atoms with Gasteiger partial charge in [-0.2, -0.15) is 0 Å². The van der Waals surface area contributed by atoms with Gasteiger partial charge in [-0.25, -0.2) is 0 Å². The van der Waals surface area contributed by atoms with E-state index in [1.165, 1.54) is 127 Å². The molecule has 11 aromatic rings. The molecule has 0 bridgehead atoms. The van der Waals surface area contributed by atoms with Crippen LogP contribution in [0, 0.1) is 0 Å². The molecule has 4 aliphatic rings. The minimum Gasteiger partial charge on any atom is -0.311 e. The Hall–Kier alpha value is -6.15. The van der Waals surface area contributed by atoms with Crippen LogP contribution < -0.4 is 42.6 Å². The molecule has 0 N–H and O–H groups in total. The van der Waals surface area contributed by atoms with Crippen LogP contribution in [0.1, 0.15) is 0 Å². The number of thiophene rings is 2. The number of fused-ring (bicyclic) bond motifs is 16. The SMILES string of the molecule is c1ccc(N2c3ccccc3B3c4cc5c(cc4N(c4ccccc4)c4c3c2cc2sc3ccccc3c42)Sc2cc3sc4ccccc4c3c3c2B5c2ccccc2S3)cc1. The first-order valence-electron chi connectivity index (χ1n) is 21.1. The van der Waals surface area contributed by atoms with E-state index < -0.39 is 0 Å². The highest BCUT2D eigenvalue weighted by Gasteiger charge is 2.47. The average Bonchev–Trinajstić information content (AvgIpc) is 3.89. The summed E-state index contributed by atoms with van der Waals surface area (Å²) in [4.78, 5) is 10.7. The fourth-order valence-electron chi connectivity index (χ4n) is 11.1. The summed E-state index contributed by atoms with van der Waals surface area (Å²) in [5.74, 6) is 0. The molecule has 62 heavy (non-hydrogen) atoms. The molecule has 4 aliphatic heterocycles. The molecule has 0 atom stereocenters. The molecule has 2 nitrogen and oxygen atoms in total.